The van der Waals surface area contributed by atoms with Crippen molar-refractivity contribution >= 4 is 5.97 Å². The van der Waals surface area contributed by atoms with Gasteiger partial charge >= 0.3 is 12.1 Å². The molecule has 0 atom stereocenters. The molecule has 1 aliphatic heterocycles. The van der Waals surface area contributed by atoms with Gasteiger partial charge in [0.05, 0.1) is 17.6 Å². The molecule has 0 aliphatic carbocycles. The average Bonchev–Trinajstić information content (AvgIpc) is 3.30. The first-order chi connectivity index (χ1) is 14.8. The fourth-order valence-electron chi connectivity index (χ4n) is 3.02. The van der Waals surface area contributed by atoms with E-state index in [-0.39, 0.29) is 0 Å². The van der Waals surface area contributed by atoms with Crippen molar-refractivity contribution in [2.45, 2.75) is 12.7 Å². The van der Waals surface area contributed by atoms with Gasteiger partial charge in [-0.2, -0.15) is 18.3 Å². The summed E-state index contributed by atoms with van der Waals surface area (Å²) in [4.78, 5) is 16.0. The van der Waals surface area contributed by atoms with Gasteiger partial charge in [0.25, 0.3) is 0 Å². The number of aromatic nitrogens is 3. The van der Waals surface area contributed by atoms with E-state index in [1.54, 1.807) is 6.20 Å². The molecule has 4 rings (SSSR count). The fourth-order valence-corrected chi connectivity index (χ4v) is 3.02. The fraction of sp³-hybridized carbons (Fsp3) is 0.286. The van der Waals surface area contributed by atoms with Gasteiger partial charge in [-0.25, -0.2) is 9.48 Å². The smallest absolute Gasteiger partial charge is 0.475 e. The summed E-state index contributed by atoms with van der Waals surface area (Å²) in [5.41, 5.74) is 4.46. The van der Waals surface area contributed by atoms with Crippen molar-refractivity contribution in [3.05, 3.63) is 66.6 Å². The van der Waals surface area contributed by atoms with Gasteiger partial charge in [-0.05, 0) is 23.8 Å². The Labute approximate surface area is 177 Å². The summed E-state index contributed by atoms with van der Waals surface area (Å²) in [6, 6.07) is 14.7. The van der Waals surface area contributed by atoms with Gasteiger partial charge in [0, 0.05) is 50.7 Å². The predicted octanol–water partition coefficient (Wildman–Crippen LogP) is 2.97. The number of halogens is 3. The molecule has 7 nitrogen and oxygen atoms in total. The Balaban J connectivity index is 0.000000339. The number of carboxylic acid groups (broad SMARTS) is 1. The Morgan fingerprint density at radius 2 is 1.77 bits per heavy atom. The van der Waals surface area contributed by atoms with Crippen LogP contribution in [0.15, 0.2) is 61.1 Å². The lowest BCUT2D eigenvalue weighted by Crippen LogP contribution is -2.42. The number of hydrogen-bond acceptors (Lipinski definition) is 5. The first-order valence-electron chi connectivity index (χ1n) is 9.61. The molecule has 0 saturated carbocycles. The van der Waals surface area contributed by atoms with Crippen LogP contribution in [0.5, 0.6) is 0 Å². The van der Waals surface area contributed by atoms with Gasteiger partial charge in [-0.15, -0.1) is 0 Å². The number of carboxylic acids is 1. The molecule has 2 N–H and O–H groups in total. The Kier molecular flexibility index (Phi) is 7.37. The number of nitrogens with one attached hydrogen (secondary N) is 1. The van der Waals surface area contributed by atoms with Crippen LogP contribution in [0.25, 0.3) is 16.9 Å². The Hall–Kier alpha value is -3.24. The van der Waals surface area contributed by atoms with E-state index in [1.807, 2.05) is 35.3 Å². The third kappa shape index (κ3) is 6.63. The summed E-state index contributed by atoms with van der Waals surface area (Å²) < 4.78 is 33.5. The zero-order valence-electron chi connectivity index (χ0n) is 16.6. The number of rotatable bonds is 4. The van der Waals surface area contributed by atoms with Crippen LogP contribution in [0.2, 0.25) is 0 Å². The van der Waals surface area contributed by atoms with E-state index in [9.17, 15) is 13.2 Å². The standard InChI is InChI=1S/C19H21N5.C2HF3O2/c1-8-22-24(11-1)18-6-7-19(21-14-18)17-4-2-16(3-5-17)15-23-12-9-20-10-13-23;3-2(4,5)1(6)7/h1-8,11,14,20H,9-10,12-13,15H2;(H,6,7). The van der Waals surface area contributed by atoms with Crippen LogP contribution in [0.4, 0.5) is 13.2 Å². The molecule has 2 aromatic heterocycles. The highest BCUT2D eigenvalue weighted by atomic mass is 19.4. The lowest BCUT2D eigenvalue weighted by Gasteiger charge is -2.27. The molecule has 0 bridgehead atoms. The Morgan fingerprint density at radius 3 is 2.29 bits per heavy atom. The third-order valence-electron chi connectivity index (χ3n) is 4.62. The van der Waals surface area contributed by atoms with Crippen molar-refractivity contribution in [2.75, 3.05) is 26.2 Å². The summed E-state index contributed by atoms with van der Waals surface area (Å²) in [7, 11) is 0. The van der Waals surface area contributed by atoms with E-state index in [4.69, 9.17) is 9.90 Å². The minimum Gasteiger partial charge on any atom is -0.475 e. The number of pyridine rings is 1. The van der Waals surface area contributed by atoms with Crippen LogP contribution in [0.3, 0.4) is 0 Å². The molecule has 0 amide bonds. The molecule has 10 heteroatoms. The molecule has 164 valence electrons. The van der Waals surface area contributed by atoms with Gasteiger partial charge in [-0.1, -0.05) is 24.3 Å². The highest BCUT2D eigenvalue weighted by Crippen LogP contribution is 2.19. The number of benzene rings is 1. The van der Waals surface area contributed by atoms with E-state index in [2.05, 4.69) is 44.6 Å². The molecule has 1 aliphatic rings. The molecule has 31 heavy (non-hydrogen) atoms. The van der Waals surface area contributed by atoms with Crippen molar-refractivity contribution in [3.8, 4) is 16.9 Å². The quantitative estimate of drug-likeness (QED) is 0.658. The second-order valence-electron chi connectivity index (χ2n) is 6.88. The van der Waals surface area contributed by atoms with Gasteiger partial charge in [0.2, 0.25) is 0 Å². The number of carbonyl (C=O) groups is 1. The van der Waals surface area contributed by atoms with Gasteiger partial charge in [0.15, 0.2) is 0 Å². The zero-order chi connectivity index (χ0) is 22.3. The topological polar surface area (TPSA) is 83.3 Å². The normalized spacial score (nSPS) is 14.5. The SMILES string of the molecule is O=C(O)C(F)(F)F.c1cnn(-c2ccc(-c3ccc(CN4CCNCC4)cc3)nc2)c1. The van der Waals surface area contributed by atoms with Gasteiger partial charge in [-0.3, -0.25) is 9.88 Å². The van der Waals surface area contributed by atoms with Crippen molar-refractivity contribution in [2.24, 2.45) is 0 Å². The van der Waals surface area contributed by atoms with E-state index in [0.717, 1.165) is 49.7 Å². The summed E-state index contributed by atoms with van der Waals surface area (Å²) in [6.45, 7) is 5.44. The van der Waals surface area contributed by atoms with Crippen LogP contribution in [0, 0.1) is 0 Å². The highest BCUT2D eigenvalue weighted by Gasteiger charge is 2.38. The second kappa shape index (κ2) is 10.2. The molecular weight excluding hydrogens is 411 g/mol. The molecule has 1 aromatic carbocycles. The highest BCUT2D eigenvalue weighted by molar-refractivity contribution is 5.73. The maximum atomic E-state index is 10.6. The maximum absolute atomic E-state index is 10.6. The first-order valence-corrected chi connectivity index (χ1v) is 9.61. The number of aliphatic carboxylic acids is 1. The van der Waals surface area contributed by atoms with Crippen molar-refractivity contribution < 1.29 is 23.1 Å². The summed E-state index contributed by atoms with van der Waals surface area (Å²) in [6.07, 6.45) is 0.462. The van der Waals surface area contributed by atoms with Crippen LogP contribution in [-0.4, -0.2) is 63.1 Å². The summed E-state index contributed by atoms with van der Waals surface area (Å²) >= 11 is 0. The third-order valence-corrected chi connectivity index (χ3v) is 4.62. The molecule has 1 fully saturated rings. The van der Waals surface area contributed by atoms with Crippen molar-refractivity contribution in [1.29, 1.82) is 0 Å². The largest absolute Gasteiger partial charge is 0.490 e. The molecule has 0 spiro atoms. The molecule has 3 aromatic rings. The molecular formula is C21H22F3N5O2. The van der Waals surface area contributed by atoms with Gasteiger partial charge < -0.3 is 10.4 Å². The number of hydrogen-bond donors (Lipinski definition) is 2. The molecule has 0 radical (unpaired) electrons. The van der Waals surface area contributed by atoms with Crippen LogP contribution in [-0.2, 0) is 11.3 Å². The molecule has 1 saturated heterocycles. The predicted molar refractivity (Wildman–Crippen MR) is 109 cm³/mol. The lowest BCUT2D eigenvalue weighted by molar-refractivity contribution is -0.192. The number of alkyl halides is 3. The number of nitrogens with zero attached hydrogens (tertiary/aromatic N) is 4. The van der Waals surface area contributed by atoms with E-state index >= 15 is 0 Å². The van der Waals surface area contributed by atoms with Crippen molar-refractivity contribution in [1.82, 2.24) is 25.0 Å². The summed E-state index contributed by atoms with van der Waals surface area (Å²) in [5.74, 6) is -2.76. The molecule has 3 heterocycles. The van der Waals surface area contributed by atoms with Crippen LogP contribution >= 0.6 is 0 Å². The minimum atomic E-state index is -5.08. The van der Waals surface area contributed by atoms with E-state index in [1.165, 1.54) is 5.56 Å². The Bertz CT molecular complexity index is 952. The summed E-state index contributed by atoms with van der Waals surface area (Å²) in [5, 5.41) is 14.7. The van der Waals surface area contributed by atoms with E-state index < -0.39 is 12.1 Å². The maximum Gasteiger partial charge on any atom is 0.490 e. The molecule has 0 unspecified atom stereocenters. The average molecular weight is 433 g/mol. The monoisotopic (exact) mass is 433 g/mol. The van der Waals surface area contributed by atoms with E-state index in [0.29, 0.717) is 0 Å². The second-order valence-corrected chi connectivity index (χ2v) is 6.88. The zero-order valence-corrected chi connectivity index (χ0v) is 16.6. The lowest BCUT2D eigenvalue weighted by atomic mass is 10.1. The van der Waals surface area contributed by atoms with Crippen LogP contribution in [0.1, 0.15) is 5.56 Å². The Morgan fingerprint density at radius 1 is 1.10 bits per heavy atom. The number of piperazine rings is 1. The first kappa shape index (κ1) is 22.4. The van der Waals surface area contributed by atoms with Gasteiger partial charge in [0.1, 0.15) is 0 Å². The van der Waals surface area contributed by atoms with Crippen LogP contribution < -0.4 is 5.32 Å². The van der Waals surface area contributed by atoms with Crippen molar-refractivity contribution in [3.63, 3.8) is 0 Å². The minimum absolute atomic E-state index is 0.971.